The Morgan fingerprint density at radius 3 is 2.68 bits per heavy atom. The van der Waals surface area contributed by atoms with Crippen LogP contribution in [0.15, 0.2) is 69.7 Å². The molecule has 2 aromatic heterocycles. The number of aromatic nitrogens is 2. The van der Waals surface area contributed by atoms with E-state index in [1.165, 1.54) is 0 Å². The number of fused-ring (bicyclic) bond motifs is 3. The maximum absolute atomic E-state index is 12.8. The summed E-state index contributed by atoms with van der Waals surface area (Å²) in [7, 11) is 0. The van der Waals surface area contributed by atoms with E-state index in [0.717, 1.165) is 56.5 Å². The first kappa shape index (κ1) is 20.3. The van der Waals surface area contributed by atoms with Crippen molar-refractivity contribution in [1.82, 2.24) is 14.3 Å². The smallest absolute Gasteiger partial charge is 0.321 e. The van der Waals surface area contributed by atoms with E-state index in [9.17, 15) is 4.79 Å². The second kappa shape index (κ2) is 8.51. The Morgan fingerprint density at radius 2 is 1.81 bits per heavy atom. The number of amides is 2. The molecule has 0 saturated carbocycles. The summed E-state index contributed by atoms with van der Waals surface area (Å²) < 4.78 is 4.07. The Balaban J connectivity index is 1.39. The second-order valence-corrected chi connectivity index (χ2v) is 9.34. The van der Waals surface area contributed by atoms with Crippen LogP contribution in [0.4, 0.5) is 16.3 Å². The minimum absolute atomic E-state index is 0.0722. The van der Waals surface area contributed by atoms with Gasteiger partial charge in [0.2, 0.25) is 0 Å². The molecular weight excluding hydrogens is 522 g/mol. The average molecular weight is 543 g/mol. The van der Waals surface area contributed by atoms with Crippen LogP contribution in [0, 0.1) is 0 Å². The highest BCUT2D eigenvalue weighted by atomic mass is 79.9. The third-order valence-electron chi connectivity index (χ3n) is 5.60. The Bertz CT molecular complexity index is 1270. The zero-order chi connectivity index (χ0) is 21.4. The van der Waals surface area contributed by atoms with Crippen molar-refractivity contribution in [3.05, 3.63) is 69.7 Å². The van der Waals surface area contributed by atoms with Crippen LogP contribution in [0.3, 0.4) is 0 Å². The molecule has 4 aromatic rings. The third kappa shape index (κ3) is 4.02. The molecule has 3 heterocycles. The minimum atomic E-state index is -0.0722. The van der Waals surface area contributed by atoms with Crippen molar-refractivity contribution >= 4 is 65.9 Å². The van der Waals surface area contributed by atoms with E-state index < -0.39 is 0 Å². The molecule has 0 spiro atoms. The lowest BCUT2D eigenvalue weighted by atomic mass is 10.3. The number of halogens is 2. The van der Waals surface area contributed by atoms with Crippen molar-refractivity contribution < 1.29 is 4.79 Å². The summed E-state index contributed by atoms with van der Waals surface area (Å²) in [5, 5.41) is 3.01. The van der Waals surface area contributed by atoms with Gasteiger partial charge in [-0.05, 0) is 64.8 Å². The van der Waals surface area contributed by atoms with Gasteiger partial charge in [0.15, 0.2) is 5.82 Å². The molecule has 1 aliphatic heterocycles. The highest BCUT2D eigenvalue weighted by Gasteiger charge is 2.22. The number of nitrogens with zero attached hydrogens (tertiary/aromatic N) is 4. The van der Waals surface area contributed by atoms with Crippen LogP contribution >= 0.6 is 31.9 Å². The minimum Gasteiger partial charge on any atom is -0.353 e. The molecule has 1 fully saturated rings. The van der Waals surface area contributed by atoms with E-state index in [4.69, 9.17) is 4.98 Å². The molecule has 2 aromatic carbocycles. The van der Waals surface area contributed by atoms with Crippen LogP contribution in [-0.4, -0.2) is 46.5 Å². The van der Waals surface area contributed by atoms with Crippen molar-refractivity contribution in [1.29, 1.82) is 0 Å². The number of anilines is 2. The first-order valence-electron chi connectivity index (χ1n) is 10.2. The number of hydrogen-bond donors (Lipinski definition) is 1. The first-order valence-corrected chi connectivity index (χ1v) is 11.8. The number of carbonyl (C=O) groups excluding carboxylic acids is 1. The largest absolute Gasteiger partial charge is 0.353 e. The van der Waals surface area contributed by atoms with Crippen LogP contribution in [-0.2, 0) is 0 Å². The normalized spacial score (nSPS) is 14.8. The highest BCUT2D eigenvalue weighted by Crippen LogP contribution is 2.28. The maximum atomic E-state index is 12.8. The van der Waals surface area contributed by atoms with Crippen LogP contribution in [0.1, 0.15) is 6.42 Å². The van der Waals surface area contributed by atoms with Gasteiger partial charge in [-0.25, -0.2) is 9.78 Å². The monoisotopic (exact) mass is 541 g/mol. The summed E-state index contributed by atoms with van der Waals surface area (Å²) >= 11 is 7.05. The number of nitrogens with one attached hydrogen (secondary N) is 1. The molecule has 5 rings (SSSR count). The predicted molar refractivity (Wildman–Crippen MR) is 132 cm³/mol. The molecule has 0 unspecified atom stereocenters. The number of carbonyl (C=O) groups is 1. The molecular formula is C23H21Br2N5O. The van der Waals surface area contributed by atoms with E-state index in [0.29, 0.717) is 13.1 Å². The molecule has 158 valence electrons. The van der Waals surface area contributed by atoms with Gasteiger partial charge in [0.05, 0.1) is 22.2 Å². The fraction of sp³-hybridized carbons (Fsp3) is 0.217. The molecule has 2 amide bonds. The Kier molecular flexibility index (Phi) is 5.58. The van der Waals surface area contributed by atoms with Gasteiger partial charge >= 0.3 is 6.03 Å². The van der Waals surface area contributed by atoms with Crippen molar-refractivity contribution in [2.45, 2.75) is 6.42 Å². The number of rotatable bonds is 2. The van der Waals surface area contributed by atoms with Gasteiger partial charge < -0.3 is 19.5 Å². The SMILES string of the molecule is O=C(Nc1ccccc1Br)N1CCCN(c2nc3cc(Br)ccc3n3cccc23)CC1. The quantitative estimate of drug-likeness (QED) is 0.350. The molecule has 6 nitrogen and oxygen atoms in total. The topological polar surface area (TPSA) is 52.9 Å². The Hall–Kier alpha value is -2.58. The molecule has 1 saturated heterocycles. The number of urea groups is 1. The van der Waals surface area contributed by atoms with E-state index >= 15 is 0 Å². The highest BCUT2D eigenvalue weighted by molar-refractivity contribution is 9.10. The van der Waals surface area contributed by atoms with Gasteiger partial charge in [-0.2, -0.15) is 0 Å². The summed E-state index contributed by atoms with van der Waals surface area (Å²) in [6.45, 7) is 2.94. The van der Waals surface area contributed by atoms with Gasteiger partial charge in [-0.1, -0.05) is 28.1 Å². The summed E-state index contributed by atoms with van der Waals surface area (Å²) in [5.41, 5.74) is 3.89. The number of benzene rings is 2. The van der Waals surface area contributed by atoms with Crippen molar-refractivity contribution in [2.75, 3.05) is 36.4 Å². The Morgan fingerprint density at radius 1 is 0.935 bits per heavy atom. The van der Waals surface area contributed by atoms with Gasteiger partial charge in [-0.15, -0.1) is 0 Å². The molecule has 0 radical (unpaired) electrons. The molecule has 1 N–H and O–H groups in total. The maximum Gasteiger partial charge on any atom is 0.321 e. The van der Waals surface area contributed by atoms with Gasteiger partial charge in [-0.3, -0.25) is 0 Å². The molecule has 31 heavy (non-hydrogen) atoms. The lowest BCUT2D eigenvalue weighted by molar-refractivity contribution is 0.215. The fourth-order valence-electron chi connectivity index (χ4n) is 4.06. The predicted octanol–water partition coefficient (Wildman–Crippen LogP) is 5.76. The van der Waals surface area contributed by atoms with Gasteiger partial charge in [0, 0.05) is 41.3 Å². The lowest BCUT2D eigenvalue weighted by Gasteiger charge is -2.24. The van der Waals surface area contributed by atoms with Crippen LogP contribution < -0.4 is 10.2 Å². The van der Waals surface area contributed by atoms with Crippen LogP contribution in [0.5, 0.6) is 0 Å². The standard InChI is InChI=1S/C23H21Br2N5O/c24-16-8-9-20-19(15-16)26-22(21-7-3-12-30(20)21)28-10-4-11-29(14-13-28)23(31)27-18-6-2-1-5-17(18)25/h1-3,5-9,12,15H,4,10-11,13-14H2,(H,27,31). The van der Waals surface area contributed by atoms with E-state index in [1.807, 2.05) is 41.3 Å². The molecule has 0 aliphatic carbocycles. The summed E-state index contributed by atoms with van der Waals surface area (Å²) in [4.78, 5) is 22.0. The molecule has 1 aliphatic rings. The Labute approximate surface area is 197 Å². The fourth-order valence-corrected chi connectivity index (χ4v) is 4.79. The van der Waals surface area contributed by atoms with E-state index in [-0.39, 0.29) is 6.03 Å². The van der Waals surface area contributed by atoms with Crippen molar-refractivity contribution in [3.63, 3.8) is 0 Å². The van der Waals surface area contributed by atoms with Crippen molar-refractivity contribution in [3.8, 4) is 0 Å². The molecule has 8 heteroatoms. The van der Waals surface area contributed by atoms with E-state index in [1.54, 1.807) is 0 Å². The zero-order valence-corrected chi connectivity index (χ0v) is 19.9. The van der Waals surface area contributed by atoms with Gasteiger partial charge in [0.1, 0.15) is 0 Å². The van der Waals surface area contributed by atoms with Crippen LogP contribution in [0.2, 0.25) is 0 Å². The lowest BCUT2D eigenvalue weighted by Crippen LogP contribution is -2.38. The van der Waals surface area contributed by atoms with Crippen molar-refractivity contribution in [2.24, 2.45) is 0 Å². The summed E-state index contributed by atoms with van der Waals surface area (Å²) in [6.07, 6.45) is 2.96. The van der Waals surface area contributed by atoms with Crippen LogP contribution in [0.25, 0.3) is 16.6 Å². The van der Waals surface area contributed by atoms with E-state index in [2.05, 4.69) is 70.9 Å². The summed E-state index contributed by atoms with van der Waals surface area (Å²) in [5.74, 6) is 0.962. The number of para-hydroxylation sites is 1. The first-order chi connectivity index (χ1) is 15.1. The zero-order valence-electron chi connectivity index (χ0n) is 16.8. The summed E-state index contributed by atoms with van der Waals surface area (Å²) in [6, 6.07) is 17.9. The average Bonchev–Trinajstić information content (AvgIpc) is 3.12. The molecule has 0 bridgehead atoms. The molecule has 0 atom stereocenters. The second-order valence-electron chi connectivity index (χ2n) is 7.57. The number of hydrogen-bond acceptors (Lipinski definition) is 3. The van der Waals surface area contributed by atoms with Gasteiger partial charge in [0.25, 0.3) is 0 Å². The third-order valence-corrected chi connectivity index (χ3v) is 6.78.